The van der Waals surface area contributed by atoms with Crippen LogP contribution in [-0.4, -0.2) is 48.9 Å². The van der Waals surface area contributed by atoms with Gasteiger partial charge in [-0.3, -0.25) is 0 Å². The second-order valence-corrected chi connectivity index (χ2v) is 7.43. The van der Waals surface area contributed by atoms with Crippen molar-refractivity contribution >= 4 is 12.3 Å². The minimum Gasteiger partial charge on any atom is -0.431 e. The maximum Gasteiger partial charge on any atom is 0.509 e. The minimum absolute atomic E-state index is 0.0757. The van der Waals surface area contributed by atoms with Gasteiger partial charge in [0, 0.05) is 0 Å². The van der Waals surface area contributed by atoms with E-state index < -0.39 is 41.6 Å². The number of nitrogens with zero attached hydrogens (tertiary/aromatic N) is 1. The van der Waals surface area contributed by atoms with Crippen molar-refractivity contribution in [3.05, 3.63) is 0 Å². The molecule has 8 heteroatoms. The lowest BCUT2D eigenvalue weighted by Crippen LogP contribution is -2.37. The molecule has 1 aliphatic heterocycles. The Bertz CT molecular complexity index is 498. The zero-order valence-corrected chi connectivity index (χ0v) is 15.0. The van der Waals surface area contributed by atoms with Crippen LogP contribution in [0.3, 0.4) is 0 Å². The van der Waals surface area contributed by atoms with E-state index in [2.05, 4.69) is 0 Å². The van der Waals surface area contributed by atoms with Gasteiger partial charge >= 0.3 is 12.3 Å². The lowest BCUT2D eigenvalue weighted by molar-refractivity contribution is -0.0684. The molecule has 1 saturated heterocycles. The first kappa shape index (κ1) is 20.0. The van der Waals surface area contributed by atoms with E-state index in [0.29, 0.717) is 0 Å². The van der Waals surface area contributed by atoms with Crippen LogP contribution in [0.15, 0.2) is 0 Å². The molecule has 0 spiro atoms. The highest BCUT2D eigenvalue weighted by Gasteiger charge is 2.42. The molecule has 1 rings (SSSR count). The highest BCUT2D eigenvalue weighted by molar-refractivity contribution is 5.61. The molecule has 8 nitrogen and oxygen atoms in total. The van der Waals surface area contributed by atoms with Crippen molar-refractivity contribution in [3.63, 3.8) is 0 Å². The number of rotatable bonds is 3. The van der Waals surface area contributed by atoms with Crippen molar-refractivity contribution in [2.24, 2.45) is 5.92 Å². The largest absolute Gasteiger partial charge is 0.509 e. The van der Waals surface area contributed by atoms with Crippen LogP contribution in [-0.2, 0) is 23.7 Å². The molecule has 1 fully saturated rings. The summed E-state index contributed by atoms with van der Waals surface area (Å²) in [5, 5.41) is 9.14. The van der Waals surface area contributed by atoms with Gasteiger partial charge in [0.05, 0.1) is 12.7 Å². The number of nitriles is 1. The van der Waals surface area contributed by atoms with Gasteiger partial charge in [0.2, 0.25) is 0 Å². The highest BCUT2D eigenvalue weighted by Crippen LogP contribution is 2.25. The van der Waals surface area contributed by atoms with Gasteiger partial charge in [-0.1, -0.05) is 0 Å². The Morgan fingerprint density at radius 3 is 2.12 bits per heavy atom. The van der Waals surface area contributed by atoms with Crippen LogP contribution < -0.4 is 0 Å². The summed E-state index contributed by atoms with van der Waals surface area (Å²) < 4.78 is 25.7. The van der Waals surface area contributed by atoms with Gasteiger partial charge in [0.15, 0.2) is 6.10 Å². The van der Waals surface area contributed by atoms with E-state index >= 15 is 0 Å². The molecule has 3 atom stereocenters. The van der Waals surface area contributed by atoms with E-state index in [4.69, 9.17) is 28.9 Å². The number of hydrogen-bond acceptors (Lipinski definition) is 8. The molecule has 0 aromatic rings. The van der Waals surface area contributed by atoms with Gasteiger partial charge in [0.1, 0.15) is 29.8 Å². The third-order valence-electron chi connectivity index (χ3n) is 2.80. The van der Waals surface area contributed by atoms with Crippen molar-refractivity contribution in [2.45, 2.75) is 65.0 Å². The Hall–Kier alpha value is -2.01. The topological polar surface area (TPSA) is 104 Å². The smallest absolute Gasteiger partial charge is 0.431 e. The van der Waals surface area contributed by atoms with Crippen LogP contribution >= 0.6 is 0 Å². The summed E-state index contributed by atoms with van der Waals surface area (Å²) in [7, 11) is 0. The predicted octanol–water partition coefficient (Wildman–Crippen LogP) is 2.80. The summed E-state index contributed by atoms with van der Waals surface area (Å²) in [5.74, 6) is -0.662. The Kier molecular flexibility index (Phi) is 6.43. The average molecular weight is 343 g/mol. The van der Waals surface area contributed by atoms with Gasteiger partial charge in [-0.25, -0.2) is 9.59 Å². The molecule has 0 bridgehead atoms. The van der Waals surface area contributed by atoms with Crippen molar-refractivity contribution in [2.75, 3.05) is 13.2 Å². The fourth-order valence-electron chi connectivity index (χ4n) is 1.90. The molecular formula is C16H25NO7. The van der Waals surface area contributed by atoms with Gasteiger partial charge in [-0.05, 0) is 41.5 Å². The number of ether oxygens (including phenoxy) is 5. The zero-order valence-electron chi connectivity index (χ0n) is 15.0. The normalized spacial score (nSPS) is 24.0. The van der Waals surface area contributed by atoms with E-state index in [9.17, 15) is 9.59 Å². The zero-order chi connectivity index (χ0) is 18.5. The lowest BCUT2D eigenvalue weighted by atomic mass is 10.0. The molecule has 0 saturated carbocycles. The molecule has 0 radical (unpaired) electrons. The molecule has 0 aliphatic carbocycles. The summed E-state index contributed by atoms with van der Waals surface area (Å²) in [6.45, 7) is 10.1. The molecule has 0 N–H and O–H groups in total. The number of hydrogen-bond donors (Lipinski definition) is 0. The second-order valence-electron chi connectivity index (χ2n) is 7.43. The third kappa shape index (κ3) is 7.04. The summed E-state index contributed by atoms with van der Waals surface area (Å²) in [6.07, 6.45) is -3.40. The molecule has 0 aromatic carbocycles. The Balaban J connectivity index is 2.61. The fraction of sp³-hybridized carbons (Fsp3) is 0.812. The van der Waals surface area contributed by atoms with Gasteiger partial charge < -0.3 is 23.7 Å². The van der Waals surface area contributed by atoms with Crippen LogP contribution in [0.5, 0.6) is 0 Å². The van der Waals surface area contributed by atoms with E-state index in [0.717, 1.165) is 0 Å². The maximum absolute atomic E-state index is 11.8. The van der Waals surface area contributed by atoms with E-state index in [1.807, 2.05) is 6.07 Å². The fourth-order valence-corrected chi connectivity index (χ4v) is 1.90. The van der Waals surface area contributed by atoms with Crippen molar-refractivity contribution in [1.29, 1.82) is 5.26 Å². The second kappa shape index (κ2) is 7.71. The highest BCUT2D eigenvalue weighted by atomic mass is 16.8. The Morgan fingerprint density at radius 1 is 1.08 bits per heavy atom. The van der Waals surface area contributed by atoms with Crippen molar-refractivity contribution in [3.8, 4) is 6.07 Å². The summed E-state index contributed by atoms with van der Waals surface area (Å²) in [6, 6.07) is 2.01. The average Bonchev–Trinajstić information content (AvgIpc) is 2.74. The van der Waals surface area contributed by atoms with Crippen LogP contribution in [0.1, 0.15) is 41.5 Å². The minimum atomic E-state index is -0.902. The molecule has 136 valence electrons. The molecule has 0 amide bonds. The molecule has 0 aromatic heterocycles. The first-order valence-corrected chi connectivity index (χ1v) is 7.68. The molecule has 24 heavy (non-hydrogen) atoms. The van der Waals surface area contributed by atoms with E-state index in [-0.39, 0.29) is 13.2 Å². The van der Waals surface area contributed by atoms with Crippen LogP contribution in [0, 0.1) is 17.2 Å². The Labute approximate surface area is 141 Å². The summed E-state index contributed by atoms with van der Waals surface area (Å²) >= 11 is 0. The van der Waals surface area contributed by atoms with Crippen molar-refractivity contribution in [1.82, 2.24) is 0 Å². The summed E-state index contributed by atoms with van der Waals surface area (Å²) in [4.78, 5) is 23.4. The number of carbonyl (C=O) groups is 2. The molecule has 3 unspecified atom stereocenters. The summed E-state index contributed by atoms with van der Waals surface area (Å²) in [5.41, 5.74) is -1.41. The van der Waals surface area contributed by atoms with Gasteiger partial charge in [-0.2, -0.15) is 5.26 Å². The van der Waals surface area contributed by atoms with Crippen LogP contribution in [0.2, 0.25) is 0 Å². The quantitative estimate of drug-likeness (QED) is 0.720. The van der Waals surface area contributed by atoms with E-state index in [1.54, 1.807) is 41.5 Å². The lowest BCUT2D eigenvalue weighted by Gasteiger charge is -2.24. The van der Waals surface area contributed by atoms with Crippen LogP contribution in [0.25, 0.3) is 0 Å². The number of carbonyl (C=O) groups excluding carboxylic acids is 2. The SMILES string of the molecule is CC(C)(C)OC(=O)OCC1OCC(C#N)C1OC(=O)OC(C)(C)C. The van der Waals surface area contributed by atoms with E-state index in [1.165, 1.54) is 0 Å². The van der Waals surface area contributed by atoms with Gasteiger partial charge in [-0.15, -0.1) is 0 Å². The molecular weight excluding hydrogens is 318 g/mol. The van der Waals surface area contributed by atoms with Gasteiger partial charge in [0.25, 0.3) is 0 Å². The first-order valence-electron chi connectivity index (χ1n) is 7.68. The first-order chi connectivity index (χ1) is 10.9. The predicted molar refractivity (Wildman–Crippen MR) is 82.1 cm³/mol. The standard InChI is InChI=1S/C16H25NO7/c1-15(2,3)23-13(18)21-9-11-12(10(7-17)8-20-11)22-14(19)24-16(4,5)6/h10-12H,8-9H2,1-6H3. The van der Waals surface area contributed by atoms with Crippen molar-refractivity contribution < 1.29 is 33.3 Å². The van der Waals surface area contributed by atoms with Crippen LogP contribution in [0.4, 0.5) is 9.59 Å². The third-order valence-corrected chi connectivity index (χ3v) is 2.80. The monoisotopic (exact) mass is 343 g/mol. The Morgan fingerprint density at radius 2 is 1.62 bits per heavy atom. The maximum atomic E-state index is 11.8. The molecule has 1 heterocycles. The molecule has 1 aliphatic rings.